The van der Waals surface area contributed by atoms with Crippen LogP contribution in [-0.2, 0) is 10.0 Å². The quantitative estimate of drug-likeness (QED) is 0.797. The van der Waals surface area contributed by atoms with E-state index in [0.29, 0.717) is 0 Å². The Bertz CT molecular complexity index is 817. The molecule has 23 heavy (non-hydrogen) atoms. The Morgan fingerprint density at radius 3 is 2.43 bits per heavy atom. The van der Waals surface area contributed by atoms with E-state index < -0.39 is 21.7 Å². The summed E-state index contributed by atoms with van der Waals surface area (Å²) in [5.41, 5.74) is 0.318. The molecule has 0 aliphatic heterocycles. The third-order valence-corrected chi connectivity index (χ3v) is 4.33. The summed E-state index contributed by atoms with van der Waals surface area (Å²) in [5, 5.41) is 2.58. The Hall–Kier alpha value is -2.67. The maximum atomic E-state index is 12.9. The third kappa shape index (κ3) is 4.17. The second-order valence-corrected chi connectivity index (χ2v) is 6.29. The van der Waals surface area contributed by atoms with E-state index in [1.165, 1.54) is 18.2 Å². The van der Waals surface area contributed by atoms with E-state index in [9.17, 15) is 17.6 Å². The Balaban J connectivity index is 2.31. The SMILES string of the molecule is C=CCNC(=O)c1ccccc1NS(=O)(=O)c1ccc(F)cc1. The van der Waals surface area contributed by atoms with Crippen LogP contribution in [0, 0.1) is 5.82 Å². The molecule has 2 aromatic rings. The lowest BCUT2D eigenvalue weighted by atomic mass is 10.1. The van der Waals surface area contributed by atoms with Gasteiger partial charge in [-0.1, -0.05) is 18.2 Å². The van der Waals surface area contributed by atoms with Crippen molar-refractivity contribution in [1.29, 1.82) is 0 Å². The third-order valence-electron chi connectivity index (χ3n) is 2.95. The summed E-state index contributed by atoms with van der Waals surface area (Å²) >= 11 is 0. The van der Waals surface area contributed by atoms with Gasteiger partial charge >= 0.3 is 0 Å². The van der Waals surface area contributed by atoms with Gasteiger partial charge in [0.1, 0.15) is 5.82 Å². The number of sulfonamides is 1. The first-order chi connectivity index (χ1) is 10.9. The lowest BCUT2D eigenvalue weighted by molar-refractivity contribution is 0.0959. The molecule has 0 saturated carbocycles. The fourth-order valence-corrected chi connectivity index (χ4v) is 2.93. The van der Waals surface area contributed by atoms with E-state index >= 15 is 0 Å². The molecule has 2 aromatic carbocycles. The van der Waals surface area contributed by atoms with Crippen molar-refractivity contribution in [2.24, 2.45) is 0 Å². The second kappa shape index (κ2) is 7.06. The van der Waals surface area contributed by atoms with Crippen molar-refractivity contribution in [3.63, 3.8) is 0 Å². The summed E-state index contributed by atoms with van der Waals surface area (Å²) in [6.45, 7) is 3.76. The predicted molar refractivity (Wildman–Crippen MR) is 86.2 cm³/mol. The first-order valence-corrected chi connectivity index (χ1v) is 8.19. The van der Waals surface area contributed by atoms with Gasteiger partial charge in [-0.2, -0.15) is 0 Å². The smallest absolute Gasteiger partial charge is 0.261 e. The van der Waals surface area contributed by atoms with Crippen LogP contribution >= 0.6 is 0 Å². The van der Waals surface area contributed by atoms with Gasteiger partial charge in [0.05, 0.1) is 16.1 Å². The molecule has 0 bridgehead atoms. The summed E-state index contributed by atoms with van der Waals surface area (Å²) < 4.78 is 39.9. The number of anilines is 1. The van der Waals surface area contributed by atoms with E-state index in [2.05, 4.69) is 16.6 Å². The molecular formula is C16H15FN2O3S. The zero-order chi connectivity index (χ0) is 16.9. The highest BCUT2D eigenvalue weighted by molar-refractivity contribution is 7.92. The monoisotopic (exact) mass is 334 g/mol. The molecule has 5 nitrogen and oxygen atoms in total. The van der Waals surface area contributed by atoms with Crippen LogP contribution in [0.5, 0.6) is 0 Å². The van der Waals surface area contributed by atoms with Gasteiger partial charge in [-0.05, 0) is 36.4 Å². The average Bonchev–Trinajstić information content (AvgIpc) is 2.53. The zero-order valence-electron chi connectivity index (χ0n) is 12.1. The van der Waals surface area contributed by atoms with Crippen molar-refractivity contribution in [3.05, 3.63) is 72.6 Å². The van der Waals surface area contributed by atoms with Crippen molar-refractivity contribution < 1.29 is 17.6 Å². The lowest BCUT2D eigenvalue weighted by Gasteiger charge is -2.12. The molecule has 2 rings (SSSR count). The largest absolute Gasteiger partial charge is 0.349 e. The summed E-state index contributed by atoms with van der Waals surface area (Å²) in [7, 11) is -3.92. The fourth-order valence-electron chi connectivity index (χ4n) is 1.85. The van der Waals surface area contributed by atoms with Gasteiger partial charge in [0.15, 0.2) is 0 Å². The van der Waals surface area contributed by atoms with Gasteiger partial charge in [0.25, 0.3) is 15.9 Å². The van der Waals surface area contributed by atoms with Gasteiger partial charge in [-0.25, -0.2) is 12.8 Å². The number of rotatable bonds is 6. The van der Waals surface area contributed by atoms with Gasteiger partial charge in [-0.15, -0.1) is 6.58 Å². The minimum absolute atomic E-state index is 0.0970. The maximum absolute atomic E-state index is 12.9. The number of hydrogen-bond donors (Lipinski definition) is 2. The van der Waals surface area contributed by atoms with Crippen molar-refractivity contribution in [2.45, 2.75) is 4.90 Å². The minimum atomic E-state index is -3.92. The van der Waals surface area contributed by atoms with Gasteiger partial charge < -0.3 is 5.32 Å². The first kappa shape index (κ1) is 16.7. The molecule has 0 fully saturated rings. The highest BCUT2D eigenvalue weighted by Gasteiger charge is 2.18. The summed E-state index contributed by atoms with van der Waals surface area (Å²) in [6, 6.07) is 10.6. The van der Waals surface area contributed by atoms with Crippen molar-refractivity contribution >= 4 is 21.6 Å². The first-order valence-electron chi connectivity index (χ1n) is 6.70. The highest BCUT2D eigenvalue weighted by Crippen LogP contribution is 2.20. The molecule has 2 N–H and O–H groups in total. The molecule has 0 heterocycles. The predicted octanol–water partition coefficient (Wildman–Crippen LogP) is 2.54. The molecule has 0 saturated heterocycles. The van der Waals surface area contributed by atoms with Crippen LogP contribution in [-0.4, -0.2) is 20.9 Å². The van der Waals surface area contributed by atoms with E-state index in [4.69, 9.17) is 0 Å². The fraction of sp³-hybridized carbons (Fsp3) is 0.0625. The Morgan fingerprint density at radius 2 is 1.78 bits per heavy atom. The van der Waals surface area contributed by atoms with Gasteiger partial charge in [-0.3, -0.25) is 9.52 Å². The molecular weight excluding hydrogens is 319 g/mol. The van der Waals surface area contributed by atoms with E-state index in [1.54, 1.807) is 12.1 Å². The van der Waals surface area contributed by atoms with Crippen LogP contribution in [0.3, 0.4) is 0 Å². The molecule has 0 atom stereocenters. The molecule has 0 unspecified atom stereocenters. The molecule has 0 aliphatic rings. The molecule has 0 spiro atoms. The Kier molecular flexibility index (Phi) is 5.13. The summed E-state index contributed by atoms with van der Waals surface area (Å²) in [5.74, 6) is -0.963. The van der Waals surface area contributed by atoms with Gasteiger partial charge in [0.2, 0.25) is 0 Å². The minimum Gasteiger partial charge on any atom is -0.349 e. The van der Waals surface area contributed by atoms with Crippen molar-refractivity contribution in [1.82, 2.24) is 5.32 Å². The summed E-state index contributed by atoms with van der Waals surface area (Å²) in [4.78, 5) is 12.0. The normalized spacial score (nSPS) is 10.8. The van der Waals surface area contributed by atoms with Crippen LogP contribution in [0.1, 0.15) is 10.4 Å². The number of para-hydroxylation sites is 1. The lowest BCUT2D eigenvalue weighted by Crippen LogP contribution is -2.25. The number of benzene rings is 2. The molecule has 0 aliphatic carbocycles. The average molecular weight is 334 g/mol. The standard InChI is InChI=1S/C16H15FN2O3S/c1-2-11-18-16(20)14-5-3-4-6-15(14)19-23(21,22)13-9-7-12(17)8-10-13/h2-10,19H,1,11H2,(H,18,20). The number of halogens is 1. The topological polar surface area (TPSA) is 75.3 Å². The highest BCUT2D eigenvalue weighted by atomic mass is 32.2. The number of carbonyl (C=O) groups excluding carboxylic acids is 1. The van der Waals surface area contributed by atoms with Crippen LogP contribution in [0.2, 0.25) is 0 Å². The molecule has 0 aromatic heterocycles. The van der Waals surface area contributed by atoms with Crippen LogP contribution in [0.25, 0.3) is 0 Å². The van der Waals surface area contributed by atoms with Crippen LogP contribution in [0.4, 0.5) is 10.1 Å². The second-order valence-electron chi connectivity index (χ2n) is 4.60. The molecule has 7 heteroatoms. The molecule has 1 amide bonds. The number of hydrogen-bond acceptors (Lipinski definition) is 3. The summed E-state index contributed by atoms with van der Waals surface area (Å²) in [6.07, 6.45) is 1.52. The Morgan fingerprint density at radius 1 is 1.13 bits per heavy atom. The van der Waals surface area contributed by atoms with Crippen molar-refractivity contribution in [2.75, 3.05) is 11.3 Å². The maximum Gasteiger partial charge on any atom is 0.261 e. The Labute approximate surface area is 133 Å². The zero-order valence-corrected chi connectivity index (χ0v) is 12.9. The van der Waals surface area contributed by atoms with Crippen molar-refractivity contribution in [3.8, 4) is 0 Å². The number of nitrogens with one attached hydrogen (secondary N) is 2. The number of amides is 1. The van der Waals surface area contributed by atoms with Gasteiger partial charge in [0, 0.05) is 6.54 Å². The molecule has 120 valence electrons. The van der Waals surface area contributed by atoms with E-state index in [-0.39, 0.29) is 22.7 Å². The van der Waals surface area contributed by atoms with Crippen LogP contribution in [0.15, 0.2) is 66.1 Å². The number of carbonyl (C=O) groups is 1. The van der Waals surface area contributed by atoms with Crippen LogP contribution < -0.4 is 10.0 Å². The molecule has 0 radical (unpaired) electrons. The van der Waals surface area contributed by atoms with E-state index in [1.807, 2.05) is 0 Å². The van der Waals surface area contributed by atoms with E-state index in [0.717, 1.165) is 24.3 Å².